The fourth-order valence-corrected chi connectivity index (χ4v) is 1.73. The van der Waals surface area contributed by atoms with Crippen molar-refractivity contribution in [3.63, 3.8) is 0 Å². The molecule has 3 N–H and O–H groups in total. The van der Waals surface area contributed by atoms with Gasteiger partial charge in [0.2, 0.25) is 0 Å². The third-order valence-electron chi connectivity index (χ3n) is 2.89. The Labute approximate surface area is 116 Å². The van der Waals surface area contributed by atoms with E-state index >= 15 is 0 Å². The summed E-state index contributed by atoms with van der Waals surface area (Å²) in [5, 5.41) is 0. The molecule has 0 unspecified atom stereocenters. The summed E-state index contributed by atoms with van der Waals surface area (Å²) in [6.45, 7) is 2.15. The van der Waals surface area contributed by atoms with Gasteiger partial charge in [-0.25, -0.2) is 10.2 Å². The molecule has 2 aromatic carbocycles. The SMILES string of the molecule is Cc1ccc(F)cc1OCc1ccc(C(=O)NN)cc1. The second kappa shape index (κ2) is 6.16. The van der Waals surface area contributed by atoms with Crippen molar-refractivity contribution in [3.8, 4) is 5.75 Å². The normalized spacial score (nSPS) is 10.2. The van der Waals surface area contributed by atoms with Gasteiger partial charge in [0.05, 0.1) is 0 Å². The number of ether oxygens (including phenoxy) is 1. The molecular weight excluding hydrogens is 259 g/mol. The van der Waals surface area contributed by atoms with E-state index in [0.29, 0.717) is 17.9 Å². The van der Waals surface area contributed by atoms with E-state index in [-0.39, 0.29) is 11.7 Å². The minimum atomic E-state index is -0.349. The second-order valence-electron chi connectivity index (χ2n) is 4.37. The lowest BCUT2D eigenvalue weighted by molar-refractivity contribution is 0.0953. The van der Waals surface area contributed by atoms with Gasteiger partial charge in [-0.3, -0.25) is 10.2 Å². The maximum absolute atomic E-state index is 13.1. The second-order valence-corrected chi connectivity index (χ2v) is 4.37. The topological polar surface area (TPSA) is 64.3 Å². The van der Waals surface area contributed by atoms with Gasteiger partial charge >= 0.3 is 0 Å². The number of hydrazine groups is 1. The highest BCUT2D eigenvalue weighted by Crippen LogP contribution is 2.20. The quantitative estimate of drug-likeness (QED) is 0.511. The van der Waals surface area contributed by atoms with Crippen molar-refractivity contribution >= 4 is 5.91 Å². The number of aryl methyl sites for hydroxylation is 1. The standard InChI is InChI=1S/C15H15FN2O2/c1-10-2-7-13(16)8-14(10)20-9-11-3-5-12(6-4-11)15(19)18-17/h2-8H,9,17H2,1H3,(H,18,19). The zero-order valence-corrected chi connectivity index (χ0v) is 11.0. The third-order valence-corrected chi connectivity index (χ3v) is 2.89. The molecule has 0 radical (unpaired) electrons. The first-order valence-electron chi connectivity index (χ1n) is 6.09. The zero-order chi connectivity index (χ0) is 14.5. The van der Waals surface area contributed by atoms with Gasteiger partial charge in [-0.15, -0.1) is 0 Å². The first-order chi connectivity index (χ1) is 9.60. The van der Waals surface area contributed by atoms with Crippen LogP contribution in [0.1, 0.15) is 21.5 Å². The monoisotopic (exact) mass is 274 g/mol. The van der Waals surface area contributed by atoms with E-state index in [1.165, 1.54) is 12.1 Å². The maximum atomic E-state index is 13.1. The van der Waals surface area contributed by atoms with Crippen LogP contribution in [0.4, 0.5) is 4.39 Å². The van der Waals surface area contributed by atoms with Crippen molar-refractivity contribution in [2.45, 2.75) is 13.5 Å². The van der Waals surface area contributed by atoms with E-state index in [1.807, 2.05) is 6.92 Å². The largest absolute Gasteiger partial charge is 0.489 e. The number of hydrogen-bond acceptors (Lipinski definition) is 3. The van der Waals surface area contributed by atoms with Gasteiger partial charge in [0.15, 0.2) is 0 Å². The summed E-state index contributed by atoms with van der Waals surface area (Å²) in [4.78, 5) is 11.3. The fraction of sp³-hybridized carbons (Fsp3) is 0.133. The number of carbonyl (C=O) groups is 1. The van der Waals surface area contributed by atoms with Crippen LogP contribution in [0.15, 0.2) is 42.5 Å². The Morgan fingerprint density at radius 2 is 1.95 bits per heavy atom. The highest BCUT2D eigenvalue weighted by atomic mass is 19.1. The molecule has 0 fully saturated rings. The molecule has 0 aliphatic carbocycles. The van der Waals surface area contributed by atoms with E-state index < -0.39 is 0 Å². The predicted molar refractivity (Wildman–Crippen MR) is 73.6 cm³/mol. The maximum Gasteiger partial charge on any atom is 0.265 e. The van der Waals surface area contributed by atoms with Crippen LogP contribution in [0.25, 0.3) is 0 Å². The number of nitrogens with two attached hydrogens (primary N) is 1. The number of carbonyl (C=O) groups excluding carboxylic acids is 1. The van der Waals surface area contributed by atoms with Gasteiger partial charge in [-0.1, -0.05) is 18.2 Å². The highest BCUT2D eigenvalue weighted by Gasteiger charge is 2.05. The fourth-order valence-electron chi connectivity index (χ4n) is 1.73. The lowest BCUT2D eigenvalue weighted by Crippen LogP contribution is -2.29. The van der Waals surface area contributed by atoms with Crippen LogP contribution in [-0.2, 0) is 6.61 Å². The summed E-state index contributed by atoms with van der Waals surface area (Å²) in [5.41, 5.74) is 4.27. The summed E-state index contributed by atoms with van der Waals surface area (Å²) < 4.78 is 18.7. The average Bonchev–Trinajstić information content (AvgIpc) is 2.48. The molecule has 0 spiro atoms. The van der Waals surface area contributed by atoms with Crippen LogP contribution in [-0.4, -0.2) is 5.91 Å². The molecule has 0 aliphatic rings. The number of hydrogen-bond donors (Lipinski definition) is 2. The van der Waals surface area contributed by atoms with Gasteiger partial charge in [-0.05, 0) is 36.2 Å². The number of nitrogen functional groups attached to an aromatic ring is 1. The Kier molecular flexibility index (Phi) is 4.32. The van der Waals surface area contributed by atoms with Crippen molar-refractivity contribution in [3.05, 3.63) is 65.0 Å². The van der Waals surface area contributed by atoms with E-state index in [1.54, 1.807) is 30.3 Å². The molecule has 0 heterocycles. The van der Waals surface area contributed by atoms with Gasteiger partial charge < -0.3 is 4.74 Å². The van der Waals surface area contributed by atoms with Crippen LogP contribution < -0.4 is 16.0 Å². The number of rotatable bonds is 4. The molecule has 0 saturated heterocycles. The first kappa shape index (κ1) is 14.0. The number of halogens is 1. The Hall–Kier alpha value is -2.40. The molecule has 4 nitrogen and oxygen atoms in total. The van der Waals surface area contributed by atoms with Crippen molar-refractivity contribution < 1.29 is 13.9 Å². The van der Waals surface area contributed by atoms with Crippen LogP contribution in [0.3, 0.4) is 0 Å². The van der Waals surface area contributed by atoms with Crippen molar-refractivity contribution in [2.24, 2.45) is 5.84 Å². The van der Waals surface area contributed by atoms with E-state index in [4.69, 9.17) is 10.6 Å². The smallest absolute Gasteiger partial charge is 0.265 e. The van der Waals surface area contributed by atoms with Crippen LogP contribution in [0.2, 0.25) is 0 Å². The summed E-state index contributed by atoms with van der Waals surface area (Å²) in [7, 11) is 0. The van der Waals surface area contributed by atoms with E-state index in [0.717, 1.165) is 11.1 Å². The Morgan fingerprint density at radius 3 is 2.60 bits per heavy atom. The van der Waals surface area contributed by atoms with Crippen molar-refractivity contribution in [2.75, 3.05) is 0 Å². The molecule has 2 rings (SSSR count). The summed E-state index contributed by atoms with van der Waals surface area (Å²) in [6.07, 6.45) is 0. The Bertz CT molecular complexity index is 612. The molecule has 104 valence electrons. The van der Waals surface area contributed by atoms with Crippen LogP contribution in [0.5, 0.6) is 5.75 Å². The Balaban J connectivity index is 2.04. The first-order valence-corrected chi connectivity index (χ1v) is 6.09. The molecule has 20 heavy (non-hydrogen) atoms. The minimum Gasteiger partial charge on any atom is -0.489 e. The number of nitrogens with one attached hydrogen (secondary N) is 1. The van der Waals surface area contributed by atoms with Gasteiger partial charge in [-0.2, -0.15) is 0 Å². The van der Waals surface area contributed by atoms with Gasteiger partial charge in [0, 0.05) is 11.6 Å². The van der Waals surface area contributed by atoms with Gasteiger partial charge in [0.1, 0.15) is 18.2 Å². The molecule has 1 amide bonds. The highest BCUT2D eigenvalue weighted by molar-refractivity contribution is 5.93. The Morgan fingerprint density at radius 1 is 1.25 bits per heavy atom. The molecule has 0 aromatic heterocycles. The lowest BCUT2D eigenvalue weighted by Gasteiger charge is -2.09. The summed E-state index contributed by atoms with van der Waals surface area (Å²) in [5.74, 6) is 4.87. The van der Waals surface area contributed by atoms with Crippen LogP contribution in [0, 0.1) is 12.7 Å². The van der Waals surface area contributed by atoms with E-state index in [2.05, 4.69) is 5.43 Å². The predicted octanol–water partition coefficient (Wildman–Crippen LogP) is 2.32. The number of benzene rings is 2. The molecule has 0 aliphatic heterocycles. The zero-order valence-electron chi connectivity index (χ0n) is 11.0. The summed E-state index contributed by atoms with van der Waals surface area (Å²) in [6, 6.07) is 11.2. The lowest BCUT2D eigenvalue weighted by atomic mass is 10.1. The van der Waals surface area contributed by atoms with Crippen molar-refractivity contribution in [1.29, 1.82) is 0 Å². The minimum absolute atomic E-state index is 0.300. The van der Waals surface area contributed by atoms with Gasteiger partial charge in [0.25, 0.3) is 5.91 Å². The summed E-state index contributed by atoms with van der Waals surface area (Å²) >= 11 is 0. The van der Waals surface area contributed by atoms with E-state index in [9.17, 15) is 9.18 Å². The molecule has 5 heteroatoms. The average molecular weight is 274 g/mol. The molecule has 2 aromatic rings. The van der Waals surface area contributed by atoms with Crippen molar-refractivity contribution in [1.82, 2.24) is 5.43 Å². The molecule has 0 bridgehead atoms. The number of amides is 1. The van der Waals surface area contributed by atoms with Crippen LogP contribution >= 0.6 is 0 Å². The molecule has 0 atom stereocenters. The molecular formula is C15H15FN2O2. The third kappa shape index (κ3) is 3.33. The molecule has 0 saturated carbocycles.